The van der Waals surface area contributed by atoms with Gasteiger partial charge in [-0.05, 0) is 36.5 Å². The lowest BCUT2D eigenvalue weighted by Gasteiger charge is -2.30. The number of carbonyl (C=O) groups is 1. The first-order chi connectivity index (χ1) is 14.8. The van der Waals surface area contributed by atoms with Crippen molar-refractivity contribution in [2.24, 2.45) is 5.92 Å². The molecule has 1 saturated carbocycles. The molecule has 0 aliphatic heterocycles. The van der Waals surface area contributed by atoms with Gasteiger partial charge in [0.2, 0.25) is 5.95 Å². The van der Waals surface area contributed by atoms with Crippen molar-refractivity contribution in [2.45, 2.75) is 31.7 Å². The van der Waals surface area contributed by atoms with Gasteiger partial charge in [0.05, 0.1) is 11.6 Å². The van der Waals surface area contributed by atoms with Gasteiger partial charge < -0.3 is 4.42 Å². The maximum atomic E-state index is 13.4. The Bertz CT molecular complexity index is 1050. The fourth-order valence-electron chi connectivity index (χ4n) is 3.16. The molecule has 7 nitrogen and oxygen atoms in total. The van der Waals surface area contributed by atoms with E-state index in [4.69, 9.17) is 4.42 Å². The molecule has 0 saturated heterocycles. The predicted octanol–water partition coefficient (Wildman–Crippen LogP) is 4.35. The molecular formula is C19H14F5N5O2. The Balaban J connectivity index is 1.70. The van der Waals surface area contributed by atoms with Crippen molar-refractivity contribution in [3.05, 3.63) is 53.9 Å². The van der Waals surface area contributed by atoms with Crippen LogP contribution in [0.1, 0.15) is 36.8 Å². The first-order valence-corrected chi connectivity index (χ1v) is 9.16. The van der Waals surface area contributed by atoms with Gasteiger partial charge in [-0.25, -0.2) is 14.4 Å². The number of carbonyl (C=O) groups excluding carboxylic acids is 1. The molecule has 1 atom stereocenters. The van der Waals surface area contributed by atoms with Crippen molar-refractivity contribution in [3.8, 4) is 11.5 Å². The van der Waals surface area contributed by atoms with Crippen LogP contribution in [0.3, 0.4) is 0 Å². The van der Waals surface area contributed by atoms with E-state index in [1.807, 2.05) is 0 Å². The minimum Gasteiger partial charge on any atom is -0.415 e. The van der Waals surface area contributed by atoms with Crippen molar-refractivity contribution in [1.82, 2.24) is 20.2 Å². The van der Waals surface area contributed by atoms with Crippen molar-refractivity contribution >= 4 is 11.9 Å². The molecule has 1 unspecified atom stereocenters. The van der Waals surface area contributed by atoms with Gasteiger partial charge in [0.15, 0.2) is 0 Å². The molecule has 0 bridgehead atoms. The predicted molar refractivity (Wildman–Crippen MR) is 95.6 cm³/mol. The van der Waals surface area contributed by atoms with E-state index in [9.17, 15) is 26.7 Å². The minimum atomic E-state index is -3.32. The van der Waals surface area contributed by atoms with Crippen LogP contribution in [0.15, 0.2) is 41.1 Å². The van der Waals surface area contributed by atoms with Gasteiger partial charge in [-0.1, -0.05) is 12.1 Å². The molecule has 2 heterocycles. The Morgan fingerprint density at radius 3 is 2.19 bits per heavy atom. The number of aromatic nitrogens is 4. The van der Waals surface area contributed by atoms with Gasteiger partial charge in [0.25, 0.3) is 17.7 Å². The summed E-state index contributed by atoms with van der Waals surface area (Å²) in [6, 6.07) is 4.37. The average Bonchev–Trinajstić information content (AvgIpc) is 3.46. The molecule has 1 fully saturated rings. The van der Waals surface area contributed by atoms with Crippen LogP contribution in [0.2, 0.25) is 0 Å². The van der Waals surface area contributed by atoms with E-state index < -0.39 is 36.5 Å². The minimum absolute atomic E-state index is 0.0670. The maximum Gasteiger partial charge on any atom is 0.316 e. The number of hydrogen-bond acceptors (Lipinski definition) is 6. The van der Waals surface area contributed by atoms with Crippen molar-refractivity contribution in [3.63, 3.8) is 0 Å². The zero-order chi connectivity index (χ0) is 22.1. The summed E-state index contributed by atoms with van der Waals surface area (Å²) >= 11 is 0. The highest BCUT2D eigenvalue weighted by atomic mass is 19.3. The first-order valence-electron chi connectivity index (χ1n) is 9.16. The molecule has 12 heteroatoms. The lowest BCUT2D eigenvalue weighted by atomic mass is 10.0. The van der Waals surface area contributed by atoms with Crippen LogP contribution in [0.4, 0.5) is 27.9 Å². The molecule has 1 aromatic carbocycles. The smallest absolute Gasteiger partial charge is 0.316 e. The third-order valence-electron chi connectivity index (χ3n) is 4.71. The van der Waals surface area contributed by atoms with Crippen LogP contribution in [0.25, 0.3) is 11.5 Å². The number of rotatable bonds is 7. The molecule has 0 radical (unpaired) electrons. The van der Waals surface area contributed by atoms with Gasteiger partial charge in [-0.2, -0.15) is 17.6 Å². The Morgan fingerprint density at radius 1 is 1.03 bits per heavy atom. The van der Waals surface area contributed by atoms with Crippen molar-refractivity contribution in [1.29, 1.82) is 0 Å². The summed E-state index contributed by atoms with van der Waals surface area (Å²) in [6.45, 7) is 0. The van der Waals surface area contributed by atoms with Crippen LogP contribution >= 0.6 is 0 Å². The topological polar surface area (TPSA) is 85.0 Å². The summed E-state index contributed by atoms with van der Waals surface area (Å²) < 4.78 is 70.2. The van der Waals surface area contributed by atoms with Crippen LogP contribution in [-0.2, 0) is 4.79 Å². The lowest BCUT2D eigenvalue weighted by molar-refractivity contribution is -0.129. The molecule has 0 N–H and O–H groups in total. The normalized spacial score (nSPS) is 14.8. The van der Waals surface area contributed by atoms with Gasteiger partial charge in [-0.15, -0.1) is 10.2 Å². The van der Waals surface area contributed by atoms with E-state index in [0.29, 0.717) is 18.4 Å². The summed E-state index contributed by atoms with van der Waals surface area (Å²) in [5, 5.41) is 6.65. The highest BCUT2D eigenvalue weighted by molar-refractivity contribution is 5.94. The Morgan fingerprint density at radius 2 is 1.68 bits per heavy atom. The molecule has 31 heavy (non-hydrogen) atoms. The number of anilines is 1. The summed E-state index contributed by atoms with van der Waals surface area (Å²) in [5.74, 6) is -3.63. The van der Waals surface area contributed by atoms with E-state index in [2.05, 4.69) is 20.2 Å². The third kappa shape index (κ3) is 4.37. The van der Waals surface area contributed by atoms with Gasteiger partial charge >= 0.3 is 12.9 Å². The number of alkyl halides is 4. The highest BCUT2D eigenvalue weighted by Crippen LogP contribution is 2.46. The summed E-state index contributed by atoms with van der Waals surface area (Å²) in [5.41, 5.74) is 0.529. The van der Waals surface area contributed by atoms with E-state index in [1.165, 1.54) is 24.3 Å². The van der Waals surface area contributed by atoms with Crippen molar-refractivity contribution in [2.75, 3.05) is 4.90 Å². The van der Waals surface area contributed by atoms with Crippen LogP contribution in [0.5, 0.6) is 0 Å². The molecular weight excluding hydrogens is 425 g/mol. The Hall–Kier alpha value is -3.44. The Labute approximate surface area is 171 Å². The van der Waals surface area contributed by atoms with Gasteiger partial charge in [-0.3, -0.25) is 9.69 Å². The Kier molecular flexibility index (Phi) is 5.61. The van der Waals surface area contributed by atoms with Crippen LogP contribution < -0.4 is 4.90 Å². The SMILES string of the molecule is O=C(C(F)F)N(c1ncc(-c2nnc(C(F)F)o2)cn1)C(c1ccc(F)cc1)C1CC1. The molecule has 2 aromatic heterocycles. The molecule has 0 spiro atoms. The second-order valence-electron chi connectivity index (χ2n) is 6.86. The molecule has 3 aromatic rings. The second-order valence-corrected chi connectivity index (χ2v) is 6.86. The number of benzene rings is 1. The molecule has 4 rings (SSSR count). The van der Waals surface area contributed by atoms with E-state index in [-0.39, 0.29) is 23.3 Å². The number of amides is 1. The fourth-order valence-corrected chi connectivity index (χ4v) is 3.16. The maximum absolute atomic E-state index is 13.4. The van der Waals surface area contributed by atoms with E-state index in [1.54, 1.807) is 0 Å². The van der Waals surface area contributed by atoms with Crippen LogP contribution in [0, 0.1) is 11.7 Å². The summed E-state index contributed by atoms with van der Waals surface area (Å²) in [4.78, 5) is 21.1. The number of hydrogen-bond donors (Lipinski definition) is 0. The average molecular weight is 439 g/mol. The first kappa shape index (κ1) is 20.8. The van der Waals surface area contributed by atoms with E-state index in [0.717, 1.165) is 17.3 Å². The highest BCUT2D eigenvalue weighted by Gasteiger charge is 2.42. The number of nitrogens with zero attached hydrogens (tertiary/aromatic N) is 5. The third-order valence-corrected chi connectivity index (χ3v) is 4.71. The fraction of sp³-hybridized carbons (Fsp3) is 0.316. The molecule has 162 valence electrons. The molecule has 1 aliphatic carbocycles. The molecule has 1 amide bonds. The monoisotopic (exact) mass is 439 g/mol. The van der Waals surface area contributed by atoms with E-state index >= 15 is 0 Å². The largest absolute Gasteiger partial charge is 0.415 e. The quantitative estimate of drug-likeness (QED) is 0.509. The summed E-state index contributed by atoms with van der Waals surface area (Å²) in [7, 11) is 0. The van der Waals surface area contributed by atoms with Crippen LogP contribution in [-0.4, -0.2) is 32.5 Å². The second kappa shape index (κ2) is 8.36. The zero-order valence-electron chi connectivity index (χ0n) is 15.6. The van der Waals surface area contributed by atoms with Gasteiger partial charge in [0.1, 0.15) is 5.82 Å². The summed E-state index contributed by atoms with van der Waals surface area (Å²) in [6.07, 6.45) is -2.71. The molecule has 1 aliphatic rings. The zero-order valence-corrected chi connectivity index (χ0v) is 15.6. The standard InChI is InChI=1S/C19H14F5N5O2/c20-12-5-3-10(4-6-12)13(9-1-2-9)29(18(30)15(23)24)19-25-7-11(8-26-19)16-27-28-17(31-16)14(21)22/h3-9,13-15H,1-2H2. The van der Waals surface area contributed by atoms with Crippen molar-refractivity contribution < 1.29 is 31.2 Å². The lowest BCUT2D eigenvalue weighted by Crippen LogP contribution is -2.41. The van der Waals surface area contributed by atoms with Gasteiger partial charge in [0, 0.05) is 12.4 Å². The number of halogens is 5.